The largest absolute Gasteiger partial charge is 0.464 e. The first-order valence-corrected chi connectivity index (χ1v) is 10.0. The van der Waals surface area contributed by atoms with Crippen LogP contribution in [0, 0.1) is 11.8 Å². The summed E-state index contributed by atoms with van der Waals surface area (Å²) in [5.41, 5.74) is 9.07. The molecule has 0 aliphatic carbocycles. The Balaban J connectivity index is 2.86. The minimum Gasteiger partial charge on any atom is -0.464 e. The Kier molecular flexibility index (Phi) is 9.25. The van der Waals surface area contributed by atoms with E-state index in [2.05, 4.69) is 20.3 Å². The van der Waals surface area contributed by atoms with Crippen molar-refractivity contribution in [3.8, 4) is 0 Å². The Morgan fingerprint density at radius 1 is 1.37 bits per heavy atom. The summed E-state index contributed by atoms with van der Waals surface area (Å²) in [5, 5.41) is 9.23. The van der Waals surface area contributed by atoms with Crippen molar-refractivity contribution in [2.45, 2.75) is 65.5 Å². The van der Waals surface area contributed by atoms with Gasteiger partial charge in [-0.25, -0.2) is 9.78 Å². The van der Waals surface area contributed by atoms with Crippen molar-refractivity contribution < 1.29 is 14.3 Å². The maximum absolute atomic E-state index is 12.6. The number of carbonyl (C=O) groups excluding carboxylic acids is 2. The fourth-order valence-corrected chi connectivity index (χ4v) is 3.52. The van der Waals surface area contributed by atoms with E-state index >= 15 is 0 Å². The normalized spacial score (nSPS) is 15.4. The number of methoxy groups -OCH3 is 1. The molecule has 1 heterocycles. The fourth-order valence-electron chi connectivity index (χ4n) is 2.66. The van der Waals surface area contributed by atoms with Gasteiger partial charge in [0.25, 0.3) is 0 Å². The molecule has 0 aliphatic rings. The van der Waals surface area contributed by atoms with Crippen molar-refractivity contribution in [2.24, 2.45) is 17.0 Å². The van der Waals surface area contributed by atoms with Crippen molar-refractivity contribution in [1.29, 1.82) is 0 Å². The van der Waals surface area contributed by atoms with E-state index in [4.69, 9.17) is 10.3 Å². The summed E-state index contributed by atoms with van der Waals surface area (Å²) in [7, 11) is 1.33. The Morgan fingerprint density at radius 2 is 2.04 bits per heavy atom. The van der Waals surface area contributed by atoms with Crippen LogP contribution < -0.4 is 5.32 Å². The second-order valence-electron chi connectivity index (χ2n) is 7.09. The number of thiazole rings is 1. The van der Waals surface area contributed by atoms with E-state index < -0.39 is 12.0 Å². The third kappa shape index (κ3) is 6.52. The number of aromatic nitrogens is 1. The Labute approximate surface area is 164 Å². The van der Waals surface area contributed by atoms with Crippen LogP contribution >= 0.6 is 11.3 Å². The highest BCUT2D eigenvalue weighted by molar-refractivity contribution is 7.09. The van der Waals surface area contributed by atoms with Crippen molar-refractivity contribution in [2.75, 3.05) is 7.11 Å². The van der Waals surface area contributed by atoms with Crippen molar-refractivity contribution in [3.05, 3.63) is 26.5 Å². The van der Waals surface area contributed by atoms with Crippen molar-refractivity contribution in [3.63, 3.8) is 0 Å². The lowest BCUT2D eigenvalue weighted by atomic mass is 9.92. The molecule has 1 aromatic rings. The monoisotopic (exact) mass is 395 g/mol. The standard InChI is InChI=1S/C18H29N5O3S/c1-7-11(4)15(22-23-19)16(24)20-13(10(2)3)8-12(5)17-21-14(9-27-17)18(25)26-6/h9-13,15H,7-8H2,1-6H3,(H,20,24)/t11-,12+,13+,15+/m0/s1. The number of nitrogens with one attached hydrogen (secondary N) is 1. The molecule has 27 heavy (non-hydrogen) atoms. The topological polar surface area (TPSA) is 117 Å². The van der Waals surface area contributed by atoms with Gasteiger partial charge in [0.05, 0.1) is 12.1 Å². The maximum Gasteiger partial charge on any atom is 0.357 e. The summed E-state index contributed by atoms with van der Waals surface area (Å²) in [5.74, 6) is -0.484. The van der Waals surface area contributed by atoms with Crippen LogP contribution in [0.25, 0.3) is 10.4 Å². The number of rotatable bonds is 10. The molecule has 150 valence electrons. The molecular formula is C18H29N5O3S. The van der Waals surface area contributed by atoms with Gasteiger partial charge in [-0.1, -0.05) is 46.2 Å². The van der Waals surface area contributed by atoms with E-state index in [1.807, 2.05) is 34.6 Å². The first kappa shape index (κ1) is 22.9. The quantitative estimate of drug-likeness (QED) is 0.275. The number of hydrogen-bond donors (Lipinski definition) is 1. The molecule has 0 saturated carbocycles. The maximum atomic E-state index is 12.6. The zero-order valence-corrected chi connectivity index (χ0v) is 17.6. The average molecular weight is 396 g/mol. The number of amides is 1. The van der Waals surface area contributed by atoms with Gasteiger partial charge in [0.1, 0.15) is 6.04 Å². The highest BCUT2D eigenvalue weighted by atomic mass is 32.1. The van der Waals surface area contributed by atoms with Crippen LogP contribution in [-0.2, 0) is 9.53 Å². The molecule has 0 radical (unpaired) electrons. The lowest BCUT2D eigenvalue weighted by molar-refractivity contribution is -0.124. The lowest BCUT2D eigenvalue weighted by Gasteiger charge is -2.27. The first-order valence-electron chi connectivity index (χ1n) is 9.13. The van der Waals surface area contributed by atoms with Gasteiger partial charge in [0.15, 0.2) is 5.69 Å². The van der Waals surface area contributed by atoms with Gasteiger partial charge in [-0.15, -0.1) is 11.3 Å². The second kappa shape index (κ2) is 10.9. The summed E-state index contributed by atoms with van der Waals surface area (Å²) in [6, 6.07) is -0.819. The molecule has 1 rings (SSSR count). The van der Waals surface area contributed by atoms with Crippen LogP contribution in [0.5, 0.6) is 0 Å². The van der Waals surface area contributed by atoms with Crippen LogP contribution in [0.3, 0.4) is 0 Å². The number of ether oxygens (including phenoxy) is 1. The van der Waals surface area contributed by atoms with E-state index in [-0.39, 0.29) is 29.7 Å². The number of azide groups is 1. The number of hydrogen-bond acceptors (Lipinski definition) is 6. The summed E-state index contributed by atoms with van der Waals surface area (Å²) in [4.78, 5) is 31.4. The number of esters is 1. The predicted molar refractivity (Wildman–Crippen MR) is 106 cm³/mol. The zero-order chi connectivity index (χ0) is 20.6. The molecule has 0 spiro atoms. The minimum atomic E-state index is -0.720. The summed E-state index contributed by atoms with van der Waals surface area (Å²) in [6.07, 6.45) is 1.41. The summed E-state index contributed by atoms with van der Waals surface area (Å²) < 4.78 is 4.69. The Bertz CT molecular complexity index is 684. The van der Waals surface area contributed by atoms with Crippen molar-refractivity contribution in [1.82, 2.24) is 10.3 Å². The van der Waals surface area contributed by atoms with Crippen molar-refractivity contribution >= 4 is 23.2 Å². The van der Waals surface area contributed by atoms with Gasteiger partial charge in [-0.2, -0.15) is 0 Å². The Hall–Kier alpha value is -2.12. The van der Waals surface area contributed by atoms with Crippen LogP contribution in [0.2, 0.25) is 0 Å². The molecule has 0 saturated heterocycles. The SMILES string of the molecule is CC[C@H](C)[C@@H](N=[N+]=[N-])C(=O)N[C@H](C[C@@H](C)c1nc(C(=O)OC)cs1)C(C)C. The van der Waals surface area contributed by atoms with Gasteiger partial charge in [0.2, 0.25) is 5.91 Å². The molecule has 0 aliphatic heterocycles. The van der Waals surface area contributed by atoms with E-state index in [9.17, 15) is 9.59 Å². The third-order valence-electron chi connectivity index (χ3n) is 4.71. The zero-order valence-electron chi connectivity index (χ0n) is 16.8. The molecule has 1 amide bonds. The highest BCUT2D eigenvalue weighted by Gasteiger charge is 2.28. The van der Waals surface area contributed by atoms with Gasteiger partial charge in [-0.05, 0) is 23.8 Å². The molecule has 8 nitrogen and oxygen atoms in total. The molecule has 0 fully saturated rings. The molecule has 0 bridgehead atoms. The predicted octanol–water partition coefficient (Wildman–Crippen LogP) is 4.29. The fraction of sp³-hybridized carbons (Fsp3) is 0.722. The average Bonchev–Trinajstić information content (AvgIpc) is 3.14. The summed E-state index contributed by atoms with van der Waals surface area (Å²) >= 11 is 1.41. The van der Waals surface area contributed by atoms with Gasteiger partial charge >= 0.3 is 5.97 Å². The van der Waals surface area contributed by atoms with Crippen LogP contribution in [0.15, 0.2) is 10.5 Å². The summed E-state index contributed by atoms with van der Waals surface area (Å²) in [6.45, 7) is 9.94. The van der Waals surface area contributed by atoms with Crippen LogP contribution in [-0.4, -0.2) is 36.1 Å². The highest BCUT2D eigenvalue weighted by Crippen LogP contribution is 2.27. The van der Waals surface area contributed by atoms with Gasteiger partial charge in [0, 0.05) is 22.3 Å². The molecule has 9 heteroatoms. The third-order valence-corrected chi connectivity index (χ3v) is 5.78. The van der Waals surface area contributed by atoms with E-state index in [0.29, 0.717) is 12.1 Å². The second-order valence-corrected chi connectivity index (χ2v) is 7.98. The van der Waals surface area contributed by atoms with Crippen LogP contribution in [0.1, 0.15) is 68.9 Å². The lowest BCUT2D eigenvalue weighted by Crippen LogP contribution is -2.45. The van der Waals surface area contributed by atoms with Crippen LogP contribution in [0.4, 0.5) is 0 Å². The molecule has 1 N–H and O–H groups in total. The molecule has 0 unspecified atom stereocenters. The minimum absolute atomic E-state index is 0.0345. The number of nitrogens with zero attached hydrogens (tertiary/aromatic N) is 4. The van der Waals surface area contributed by atoms with E-state index in [1.54, 1.807) is 5.38 Å². The molecule has 1 aromatic heterocycles. The van der Waals surface area contributed by atoms with Gasteiger partial charge in [-0.3, -0.25) is 4.79 Å². The molecular weight excluding hydrogens is 366 g/mol. The smallest absolute Gasteiger partial charge is 0.357 e. The number of carbonyl (C=O) groups is 2. The van der Waals surface area contributed by atoms with Gasteiger partial charge < -0.3 is 10.1 Å². The molecule has 0 aromatic carbocycles. The van der Waals surface area contributed by atoms with E-state index in [1.165, 1.54) is 18.4 Å². The first-order chi connectivity index (χ1) is 12.7. The molecule has 4 atom stereocenters. The Morgan fingerprint density at radius 3 is 2.56 bits per heavy atom. The van der Waals surface area contributed by atoms with E-state index in [0.717, 1.165) is 11.4 Å².